The fraction of sp³-hybridized carbons (Fsp3) is 0.161. The number of anilines is 1. The molecule has 4 aromatic carbocycles. The van der Waals surface area contributed by atoms with Gasteiger partial charge in [-0.25, -0.2) is 4.68 Å². The number of hydrogen-bond acceptors (Lipinski definition) is 6. The van der Waals surface area contributed by atoms with Crippen molar-refractivity contribution in [3.63, 3.8) is 0 Å². The maximum Gasteiger partial charge on any atom is 0.251 e. The molecule has 9 heteroatoms. The SMILES string of the molecule is Cc1ccc(CN(C(=O)Cn2nnc3ccccc32)C(C(=O)Nc2ccc3c(c2)OCO3)c2ccccc2)cc1. The number of carbonyl (C=O) groups is 2. The molecule has 0 fully saturated rings. The van der Waals surface area contributed by atoms with Crippen LogP contribution < -0.4 is 14.8 Å². The van der Waals surface area contributed by atoms with Gasteiger partial charge in [0.15, 0.2) is 11.5 Å². The first-order valence-corrected chi connectivity index (χ1v) is 12.9. The summed E-state index contributed by atoms with van der Waals surface area (Å²) in [6.45, 7) is 2.29. The van der Waals surface area contributed by atoms with E-state index >= 15 is 0 Å². The zero-order chi connectivity index (χ0) is 27.5. The van der Waals surface area contributed by atoms with Crippen LogP contribution in [-0.4, -0.2) is 38.5 Å². The number of para-hydroxylation sites is 1. The van der Waals surface area contributed by atoms with Crippen LogP contribution in [0.2, 0.25) is 0 Å². The molecule has 0 radical (unpaired) electrons. The van der Waals surface area contributed by atoms with Crippen LogP contribution in [0.4, 0.5) is 5.69 Å². The molecule has 0 saturated heterocycles. The molecule has 0 bridgehead atoms. The molecular weight excluding hydrogens is 506 g/mol. The number of benzene rings is 4. The summed E-state index contributed by atoms with van der Waals surface area (Å²) in [6.07, 6.45) is 0. The van der Waals surface area contributed by atoms with E-state index in [1.165, 1.54) is 0 Å². The average Bonchev–Trinajstić information content (AvgIpc) is 3.61. The number of nitrogens with one attached hydrogen (secondary N) is 1. The van der Waals surface area contributed by atoms with Gasteiger partial charge in [0.2, 0.25) is 12.7 Å². The van der Waals surface area contributed by atoms with Crippen LogP contribution in [0.15, 0.2) is 97.1 Å². The highest BCUT2D eigenvalue weighted by Gasteiger charge is 2.32. The maximum atomic E-state index is 14.1. The lowest BCUT2D eigenvalue weighted by Gasteiger charge is -2.31. The fourth-order valence-corrected chi connectivity index (χ4v) is 4.76. The Bertz CT molecular complexity index is 1670. The van der Waals surface area contributed by atoms with E-state index in [9.17, 15) is 9.59 Å². The molecule has 1 N–H and O–H groups in total. The summed E-state index contributed by atoms with van der Waals surface area (Å²) in [4.78, 5) is 29.7. The maximum absolute atomic E-state index is 14.1. The smallest absolute Gasteiger partial charge is 0.251 e. The van der Waals surface area contributed by atoms with Crippen molar-refractivity contribution >= 4 is 28.5 Å². The molecule has 1 aromatic heterocycles. The minimum Gasteiger partial charge on any atom is -0.454 e. The number of rotatable bonds is 8. The van der Waals surface area contributed by atoms with Gasteiger partial charge in [0.25, 0.3) is 5.91 Å². The summed E-state index contributed by atoms with van der Waals surface area (Å²) >= 11 is 0. The first-order chi connectivity index (χ1) is 19.5. The molecule has 0 aliphatic carbocycles. The van der Waals surface area contributed by atoms with E-state index < -0.39 is 6.04 Å². The fourth-order valence-electron chi connectivity index (χ4n) is 4.76. The van der Waals surface area contributed by atoms with Crippen molar-refractivity contribution in [2.75, 3.05) is 12.1 Å². The van der Waals surface area contributed by atoms with Crippen LogP contribution in [0.3, 0.4) is 0 Å². The van der Waals surface area contributed by atoms with Gasteiger partial charge in [-0.3, -0.25) is 9.59 Å². The van der Waals surface area contributed by atoms with E-state index in [0.717, 1.165) is 16.6 Å². The zero-order valence-electron chi connectivity index (χ0n) is 21.9. The molecule has 1 aliphatic rings. The van der Waals surface area contributed by atoms with E-state index in [2.05, 4.69) is 15.6 Å². The Morgan fingerprint density at radius 1 is 0.925 bits per heavy atom. The van der Waals surface area contributed by atoms with Gasteiger partial charge in [-0.2, -0.15) is 0 Å². The summed E-state index contributed by atoms with van der Waals surface area (Å²) in [5.74, 6) is 0.549. The topological polar surface area (TPSA) is 98.6 Å². The standard InChI is InChI=1S/C31H27N5O4/c1-21-11-13-22(14-12-21)18-35(29(37)19-36-26-10-6-5-9-25(26)33-34-36)30(23-7-3-2-4-8-23)31(38)32-24-15-16-27-28(17-24)40-20-39-27/h2-17,30H,18-20H2,1H3,(H,32,38). The molecule has 1 unspecified atom stereocenters. The van der Waals surface area contributed by atoms with Crippen LogP contribution in [0.25, 0.3) is 11.0 Å². The van der Waals surface area contributed by atoms with Gasteiger partial charge in [-0.05, 0) is 42.3 Å². The summed E-state index contributed by atoms with van der Waals surface area (Å²) in [6, 6.07) is 29.0. The Kier molecular flexibility index (Phi) is 6.84. The monoisotopic (exact) mass is 533 g/mol. The second kappa shape index (κ2) is 10.9. The number of hydrogen-bond donors (Lipinski definition) is 1. The van der Waals surface area contributed by atoms with Gasteiger partial charge in [0.05, 0.1) is 5.52 Å². The van der Waals surface area contributed by atoms with Crippen LogP contribution >= 0.6 is 0 Å². The van der Waals surface area contributed by atoms with Crippen LogP contribution in [-0.2, 0) is 22.7 Å². The molecule has 200 valence electrons. The molecule has 6 rings (SSSR count). The first-order valence-electron chi connectivity index (χ1n) is 12.9. The largest absolute Gasteiger partial charge is 0.454 e. The van der Waals surface area contributed by atoms with Gasteiger partial charge >= 0.3 is 0 Å². The van der Waals surface area contributed by atoms with Crippen LogP contribution in [0, 0.1) is 6.92 Å². The summed E-state index contributed by atoms with van der Waals surface area (Å²) in [5.41, 5.74) is 4.67. The third-order valence-electron chi connectivity index (χ3n) is 6.81. The normalized spacial score (nSPS) is 12.7. The van der Waals surface area contributed by atoms with Crippen LogP contribution in [0.5, 0.6) is 11.5 Å². The molecule has 1 aliphatic heterocycles. The van der Waals surface area contributed by atoms with E-state index in [-0.39, 0.29) is 31.7 Å². The minimum atomic E-state index is -0.921. The molecule has 0 spiro atoms. The Hall–Kier alpha value is -5.18. The number of aromatic nitrogens is 3. The lowest BCUT2D eigenvalue weighted by molar-refractivity contribution is -0.140. The number of nitrogens with zero attached hydrogens (tertiary/aromatic N) is 4. The zero-order valence-corrected chi connectivity index (χ0v) is 21.9. The van der Waals surface area contributed by atoms with E-state index in [4.69, 9.17) is 9.47 Å². The second-order valence-corrected chi connectivity index (χ2v) is 9.61. The lowest BCUT2D eigenvalue weighted by atomic mass is 10.0. The minimum absolute atomic E-state index is 0.0764. The predicted octanol–water partition coefficient (Wildman–Crippen LogP) is 4.88. The van der Waals surface area contributed by atoms with Crippen molar-refractivity contribution in [3.05, 3.63) is 114 Å². The second-order valence-electron chi connectivity index (χ2n) is 9.61. The molecule has 40 heavy (non-hydrogen) atoms. The van der Waals surface area contributed by atoms with Crippen molar-refractivity contribution in [1.29, 1.82) is 0 Å². The highest BCUT2D eigenvalue weighted by Crippen LogP contribution is 2.35. The average molecular weight is 534 g/mol. The Labute approximate surface area is 230 Å². The van der Waals surface area contributed by atoms with Crippen molar-refractivity contribution in [2.45, 2.75) is 26.1 Å². The molecular formula is C31H27N5O4. The van der Waals surface area contributed by atoms with E-state index in [0.29, 0.717) is 28.3 Å². The Morgan fingerprint density at radius 3 is 2.50 bits per heavy atom. The van der Waals surface area contributed by atoms with Crippen molar-refractivity contribution in [3.8, 4) is 11.5 Å². The number of fused-ring (bicyclic) bond motifs is 2. The highest BCUT2D eigenvalue weighted by molar-refractivity contribution is 5.98. The number of aryl methyl sites for hydroxylation is 1. The van der Waals surface area contributed by atoms with Gasteiger partial charge in [-0.15, -0.1) is 5.10 Å². The summed E-state index contributed by atoms with van der Waals surface area (Å²) < 4.78 is 12.4. The first kappa shape index (κ1) is 25.1. The van der Waals surface area contributed by atoms with Crippen LogP contribution in [0.1, 0.15) is 22.7 Å². The Balaban J connectivity index is 1.37. The molecule has 2 amide bonds. The van der Waals surface area contributed by atoms with Gasteiger partial charge < -0.3 is 19.7 Å². The summed E-state index contributed by atoms with van der Waals surface area (Å²) in [5, 5.41) is 11.4. The van der Waals surface area contributed by atoms with Crippen molar-refractivity contribution in [2.24, 2.45) is 0 Å². The van der Waals surface area contributed by atoms with Gasteiger partial charge in [0, 0.05) is 18.3 Å². The molecule has 2 heterocycles. The molecule has 5 aromatic rings. The van der Waals surface area contributed by atoms with Gasteiger partial charge in [0.1, 0.15) is 18.1 Å². The van der Waals surface area contributed by atoms with E-state index in [1.807, 2.05) is 85.8 Å². The number of carbonyl (C=O) groups excluding carboxylic acids is 2. The third kappa shape index (κ3) is 5.22. The highest BCUT2D eigenvalue weighted by atomic mass is 16.7. The predicted molar refractivity (Wildman–Crippen MR) is 150 cm³/mol. The quantitative estimate of drug-likeness (QED) is 0.305. The van der Waals surface area contributed by atoms with Gasteiger partial charge in [-0.1, -0.05) is 77.5 Å². The molecule has 1 atom stereocenters. The third-order valence-corrected chi connectivity index (χ3v) is 6.81. The van der Waals surface area contributed by atoms with E-state index in [1.54, 1.807) is 27.8 Å². The molecule has 9 nitrogen and oxygen atoms in total. The van der Waals surface area contributed by atoms with Crippen molar-refractivity contribution < 1.29 is 19.1 Å². The van der Waals surface area contributed by atoms with Crippen molar-refractivity contribution in [1.82, 2.24) is 19.9 Å². The number of ether oxygens (including phenoxy) is 2. The molecule has 0 saturated carbocycles. The number of amides is 2. The Morgan fingerprint density at radius 2 is 1.68 bits per heavy atom. The summed E-state index contributed by atoms with van der Waals surface area (Å²) in [7, 11) is 0. The lowest BCUT2D eigenvalue weighted by Crippen LogP contribution is -2.42.